The maximum absolute atomic E-state index is 12.1. The molecule has 0 spiro atoms. The van der Waals surface area contributed by atoms with Gasteiger partial charge in [-0.1, -0.05) is 6.92 Å². The Hall–Kier alpha value is -2.11. The van der Waals surface area contributed by atoms with Crippen molar-refractivity contribution in [2.75, 3.05) is 0 Å². The fourth-order valence-electron chi connectivity index (χ4n) is 2.01. The number of hydrazone groups is 1. The minimum Gasteiger partial charge on any atom is -0.362 e. The zero-order valence-corrected chi connectivity index (χ0v) is 11.6. The first-order valence-electron chi connectivity index (χ1n) is 6.24. The van der Waals surface area contributed by atoms with Crippen LogP contribution in [0.2, 0.25) is 0 Å². The standard InChI is InChI=1S/C13H18N4O2/c1-5-13(4)11(18)17(12(19)16-13)14-7-10-6-8(2)15-9(10)3/h6-7,15H,5H2,1-4H3,(H,16,19)/b14-7+. The van der Waals surface area contributed by atoms with Gasteiger partial charge in [-0.3, -0.25) is 4.79 Å². The third-order valence-electron chi connectivity index (χ3n) is 3.45. The molecule has 6 nitrogen and oxygen atoms in total. The van der Waals surface area contributed by atoms with Gasteiger partial charge in [-0.15, -0.1) is 5.01 Å². The van der Waals surface area contributed by atoms with Crippen LogP contribution in [0.5, 0.6) is 0 Å². The van der Waals surface area contributed by atoms with Crippen LogP contribution in [0.25, 0.3) is 0 Å². The van der Waals surface area contributed by atoms with Crippen LogP contribution in [-0.4, -0.2) is 33.7 Å². The Morgan fingerprint density at radius 3 is 2.58 bits per heavy atom. The van der Waals surface area contributed by atoms with Gasteiger partial charge in [0.1, 0.15) is 5.54 Å². The Kier molecular flexibility index (Phi) is 3.18. The second-order valence-corrected chi connectivity index (χ2v) is 5.01. The van der Waals surface area contributed by atoms with Gasteiger partial charge in [0.15, 0.2) is 0 Å². The number of rotatable bonds is 3. The summed E-state index contributed by atoms with van der Waals surface area (Å²) in [6.07, 6.45) is 2.06. The molecule has 1 saturated heterocycles. The van der Waals surface area contributed by atoms with Gasteiger partial charge in [-0.05, 0) is 33.3 Å². The summed E-state index contributed by atoms with van der Waals surface area (Å²) < 4.78 is 0. The number of urea groups is 1. The number of carbonyl (C=O) groups excluding carboxylic acids is 2. The lowest BCUT2D eigenvalue weighted by Crippen LogP contribution is -2.42. The van der Waals surface area contributed by atoms with E-state index in [1.807, 2.05) is 26.8 Å². The van der Waals surface area contributed by atoms with E-state index in [2.05, 4.69) is 15.4 Å². The van der Waals surface area contributed by atoms with E-state index in [9.17, 15) is 9.59 Å². The summed E-state index contributed by atoms with van der Waals surface area (Å²) in [6.45, 7) is 7.40. The van der Waals surface area contributed by atoms with Crippen LogP contribution in [0.1, 0.15) is 37.2 Å². The molecule has 0 radical (unpaired) electrons. The number of amides is 3. The molecule has 19 heavy (non-hydrogen) atoms. The van der Waals surface area contributed by atoms with E-state index >= 15 is 0 Å². The van der Waals surface area contributed by atoms with E-state index in [1.54, 1.807) is 6.92 Å². The number of aromatic nitrogens is 1. The second-order valence-electron chi connectivity index (χ2n) is 5.01. The number of nitrogens with zero attached hydrogens (tertiary/aromatic N) is 2. The van der Waals surface area contributed by atoms with Crippen molar-refractivity contribution >= 4 is 18.2 Å². The molecular formula is C13H18N4O2. The molecule has 0 aliphatic carbocycles. The normalized spacial score (nSPS) is 23.5. The molecule has 1 unspecified atom stereocenters. The highest BCUT2D eigenvalue weighted by Crippen LogP contribution is 2.21. The average Bonchev–Trinajstić information content (AvgIpc) is 2.77. The first-order valence-corrected chi connectivity index (χ1v) is 6.24. The Morgan fingerprint density at radius 1 is 1.42 bits per heavy atom. The molecule has 102 valence electrons. The highest BCUT2D eigenvalue weighted by molar-refractivity contribution is 6.07. The van der Waals surface area contributed by atoms with Gasteiger partial charge in [0.05, 0.1) is 6.21 Å². The predicted octanol–water partition coefficient (Wildman–Crippen LogP) is 1.69. The molecule has 1 aromatic rings. The van der Waals surface area contributed by atoms with E-state index in [4.69, 9.17) is 0 Å². The first-order chi connectivity index (χ1) is 8.87. The van der Waals surface area contributed by atoms with Crippen LogP contribution >= 0.6 is 0 Å². The quantitative estimate of drug-likeness (QED) is 0.642. The molecule has 1 atom stereocenters. The van der Waals surface area contributed by atoms with Gasteiger partial charge in [0, 0.05) is 17.0 Å². The minimum absolute atomic E-state index is 0.318. The molecule has 3 amide bonds. The fraction of sp³-hybridized carbons (Fsp3) is 0.462. The molecule has 1 aliphatic rings. The van der Waals surface area contributed by atoms with Crippen molar-refractivity contribution in [2.45, 2.75) is 39.7 Å². The van der Waals surface area contributed by atoms with E-state index < -0.39 is 11.6 Å². The lowest BCUT2D eigenvalue weighted by molar-refractivity contribution is -0.130. The zero-order chi connectivity index (χ0) is 14.2. The summed E-state index contributed by atoms with van der Waals surface area (Å²) >= 11 is 0. The second kappa shape index (κ2) is 4.53. The topological polar surface area (TPSA) is 77.6 Å². The molecule has 6 heteroatoms. The molecule has 0 saturated carbocycles. The monoisotopic (exact) mass is 262 g/mol. The molecule has 0 aromatic carbocycles. The van der Waals surface area contributed by atoms with Gasteiger partial charge in [-0.2, -0.15) is 5.10 Å². The minimum atomic E-state index is -0.850. The maximum Gasteiger partial charge on any atom is 0.346 e. The first kappa shape index (κ1) is 13.3. The number of nitrogens with one attached hydrogen (secondary N) is 2. The van der Waals surface area contributed by atoms with Gasteiger partial charge in [-0.25, -0.2) is 4.79 Å². The molecule has 1 aliphatic heterocycles. The van der Waals surface area contributed by atoms with Crippen molar-refractivity contribution < 1.29 is 9.59 Å². The number of H-pyrrole nitrogens is 1. The van der Waals surface area contributed by atoms with Crippen LogP contribution in [0.3, 0.4) is 0 Å². The van der Waals surface area contributed by atoms with Crippen molar-refractivity contribution in [3.63, 3.8) is 0 Å². The van der Waals surface area contributed by atoms with Crippen molar-refractivity contribution in [3.8, 4) is 0 Å². The number of hydrogen-bond donors (Lipinski definition) is 2. The van der Waals surface area contributed by atoms with Gasteiger partial charge < -0.3 is 10.3 Å². The predicted molar refractivity (Wildman–Crippen MR) is 71.9 cm³/mol. The van der Waals surface area contributed by atoms with E-state index in [0.717, 1.165) is 22.0 Å². The Bertz CT molecular complexity index is 561. The average molecular weight is 262 g/mol. The third-order valence-corrected chi connectivity index (χ3v) is 3.45. The third kappa shape index (κ3) is 2.25. The molecule has 1 fully saturated rings. The van der Waals surface area contributed by atoms with Crippen LogP contribution in [-0.2, 0) is 4.79 Å². The van der Waals surface area contributed by atoms with Crippen LogP contribution < -0.4 is 5.32 Å². The number of carbonyl (C=O) groups is 2. The summed E-state index contributed by atoms with van der Waals surface area (Å²) in [6, 6.07) is 1.44. The van der Waals surface area contributed by atoms with Crippen molar-refractivity contribution in [2.24, 2.45) is 5.10 Å². The van der Waals surface area contributed by atoms with E-state index in [-0.39, 0.29) is 5.91 Å². The summed E-state index contributed by atoms with van der Waals surface area (Å²) in [4.78, 5) is 27.0. The maximum atomic E-state index is 12.1. The summed E-state index contributed by atoms with van der Waals surface area (Å²) in [7, 11) is 0. The Labute approximate surface area is 111 Å². The van der Waals surface area contributed by atoms with Crippen molar-refractivity contribution in [1.82, 2.24) is 15.3 Å². The summed E-state index contributed by atoms with van der Waals surface area (Å²) in [5, 5.41) is 7.55. The molecule has 1 aromatic heterocycles. The van der Waals surface area contributed by atoms with Gasteiger partial charge in [0.2, 0.25) is 0 Å². The van der Waals surface area contributed by atoms with E-state index in [0.29, 0.717) is 6.42 Å². The fourth-order valence-corrected chi connectivity index (χ4v) is 2.01. The van der Waals surface area contributed by atoms with Crippen molar-refractivity contribution in [1.29, 1.82) is 0 Å². The van der Waals surface area contributed by atoms with Crippen LogP contribution in [0, 0.1) is 13.8 Å². The molecule has 2 rings (SSSR count). The summed E-state index contributed by atoms with van der Waals surface area (Å²) in [5.41, 5.74) is 1.97. The smallest absolute Gasteiger partial charge is 0.346 e. The molecule has 2 heterocycles. The SMILES string of the molecule is CCC1(C)NC(=O)N(/N=C/c2cc(C)[nH]c2C)C1=O. The number of imide groups is 1. The van der Waals surface area contributed by atoms with Crippen molar-refractivity contribution in [3.05, 3.63) is 23.0 Å². The molecular weight excluding hydrogens is 244 g/mol. The highest BCUT2D eigenvalue weighted by atomic mass is 16.2. The molecule has 2 N–H and O–H groups in total. The van der Waals surface area contributed by atoms with Crippen LogP contribution in [0.15, 0.2) is 11.2 Å². The van der Waals surface area contributed by atoms with Gasteiger partial charge in [0.25, 0.3) is 5.91 Å². The lowest BCUT2D eigenvalue weighted by atomic mass is 10.00. The largest absolute Gasteiger partial charge is 0.362 e. The zero-order valence-electron chi connectivity index (χ0n) is 11.6. The van der Waals surface area contributed by atoms with Gasteiger partial charge >= 0.3 is 6.03 Å². The number of aromatic amines is 1. The lowest BCUT2D eigenvalue weighted by Gasteiger charge is -2.17. The molecule has 0 bridgehead atoms. The highest BCUT2D eigenvalue weighted by Gasteiger charge is 2.46. The summed E-state index contributed by atoms with van der Waals surface area (Å²) in [5.74, 6) is -0.318. The van der Waals surface area contributed by atoms with Crippen LogP contribution in [0.4, 0.5) is 4.79 Å². The Morgan fingerprint density at radius 2 is 2.11 bits per heavy atom. The van der Waals surface area contributed by atoms with E-state index in [1.165, 1.54) is 6.21 Å². The number of aryl methyl sites for hydroxylation is 2. The number of hydrogen-bond acceptors (Lipinski definition) is 3. The Balaban J connectivity index is 2.22.